The Balaban J connectivity index is 0.00000144. The van der Waals surface area contributed by atoms with Gasteiger partial charge < -0.3 is 15.4 Å². The van der Waals surface area contributed by atoms with Crippen molar-refractivity contribution < 1.29 is 5.48 Å². The zero-order chi connectivity index (χ0) is 11.4. The maximum Gasteiger partial charge on any atom is 0.0833 e. The minimum atomic E-state index is 0. The van der Waals surface area contributed by atoms with Gasteiger partial charge in [0.2, 0.25) is 0 Å². The molecule has 0 bridgehead atoms. The van der Waals surface area contributed by atoms with E-state index in [0.717, 1.165) is 22.8 Å². The van der Waals surface area contributed by atoms with Crippen molar-refractivity contribution in [3.63, 3.8) is 0 Å². The van der Waals surface area contributed by atoms with Crippen LogP contribution in [0.3, 0.4) is 0 Å². The molecule has 0 aromatic carbocycles. The molecule has 0 fully saturated rings. The van der Waals surface area contributed by atoms with Crippen LogP contribution >= 0.6 is 0 Å². The maximum absolute atomic E-state index is 4.18. The zero-order valence-corrected chi connectivity index (χ0v) is 9.86. The number of nitrogens with one attached hydrogen (secondary N) is 2. The van der Waals surface area contributed by atoms with Gasteiger partial charge in [-0.2, -0.15) is 10.2 Å². The average Bonchev–Trinajstić information content (AvgIpc) is 2.95. The summed E-state index contributed by atoms with van der Waals surface area (Å²) in [6.45, 7) is 3.86. The highest BCUT2D eigenvalue weighted by molar-refractivity contribution is 6.00. The van der Waals surface area contributed by atoms with E-state index in [1.807, 2.05) is 50.5 Å². The first kappa shape index (κ1) is 12.9. The van der Waals surface area contributed by atoms with Gasteiger partial charge in [0.15, 0.2) is 0 Å². The number of hydrogen-bond acceptors (Lipinski definition) is 2. The Bertz CT molecular complexity index is 446. The molecule has 0 aliphatic heterocycles. The van der Waals surface area contributed by atoms with Crippen molar-refractivity contribution in [3.8, 4) is 0 Å². The van der Waals surface area contributed by atoms with E-state index in [4.69, 9.17) is 0 Å². The lowest BCUT2D eigenvalue weighted by Crippen LogP contribution is -1.97. The van der Waals surface area contributed by atoms with Gasteiger partial charge in [-0.25, -0.2) is 0 Å². The van der Waals surface area contributed by atoms with Crippen molar-refractivity contribution >= 4 is 11.4 Å². The molecule has 0 saturated heterocycles. The Hall–Kier alpha value is -2.14. The van der Waals surface area contributed by atoms with Gasteiger partial charge in [0, 0.05) is 12.4 Å². The van der Waals surface area contributed by atoms with Gasteiger partial charge in [-0.1, -0.05) is 0 Å². The molecule has 0 aliphatic rings. The fourth-order valence-corrected chi connectivity index (χ4v) is 1.37. The summed E-state index contributed by atoms with van der Waals surface area (Å²) in [7, 11) is 0. The molecule has 2 rings (SSSR count). The predicted molar refractivity (Wildman–Crippen MR) is 69.6 cm³/mol. The second-order valence-electron chi connectivity index (χ2n) is 3.54. The van der Waals surface area contributed by atoms with Crippen molar-refractivity contribution in [2.45, 2.75) is 13.8 Å². The smallest absolute Gasteiger partial charge is 0.0833 e. The number of aromatic nitrogens is 2. The van der Waals surface area contributed by atoms with E-state index in [0.29, 0.717) is 0 Å². The summed E-state index contributed by atoms with van der Waals surface area (Å²) in [6, 6.07) is 7.82. The second-order valence-corrected chi connectivity index (χ2v) is 3.54. The average molecular weight is 232 g/mol. The number of rotatable bonds is 3. The van der Waals surface area contributed by atoms with Crippen LogP contribution in [0.4, 0.5) is 0 Å². The van der Waals surface area contributed by atoms with Crippen molar-refractivity contribution in [1.29, 1.82) is 0 Å². The molecular weight excluding hydrogens is 216 g/mol. The van der Waals surface area contributed by atoms with Gasteiger partial charge in [-0.15, -0.1) is 0 Å². The first-order valence-corrected chi connectivity index (χ1v) is 5.14. The largest absolute Gasteiger partial charge is 0.412 e. The van der Waals surface area contributed by atoms with Crippen LogP contribution in [0, 0.1) is 0 Å². The fourth-order valence-electron chi connectivity index (χ4n) is 1.37. The van der Waals surface area contributed by atoms with Crippen LogP contribution in [0.15, 0.2) is 46.9 Å². The molecule has 0 amide bonds. The summed E-state index contributed by atoms with van der Waals surface area (Å²) in [5.74, 6) is 0. The van der Waals surface area contributed by atoms with Crippen molar-refractivity contribution in [2.24, 2.45) is 10.2 Å². The number of H-pyrrole nitrogens is 2. The van der Waals surface area contributed by atoms with Crippen LogP contribution in [-0.4, -0.2) is 26.9 Å². The molecule has 2 aromatic heterocycles. The van der Waals surface area contributed by atoms with Gasteiger partial charge in [-0.05, 0) is 38.1 Å². The molecule has 90 valence electrons. The summed E-state index contributed by atoms with van der Waals surface area (Å²) in [6.07, 6.45) is 3.74. The maximum atomic E-state index is 4.18. The Morgan fingerprint density at radius 3 is 1.59 bits per heavy atom. The van der Waals surface area contributed by atoms with Gasteiger partial charge in [0.05, 0.1) is 22.8 Å². The van der Waals surface area contributed by atoms with Crippen LogP contribution in [-0.2, 0) is 0 Å². The lowest BCUT2D eigenvalue weighted by molar-refractivity contribution is 0.824. The van der Waals surface area contributed by atoms with Crippen LogP contribution in [0.2, 0.25) is 0 Å². The molecule has 0 saturated carbocycles. The number of hydrogen-bond donors (Lipinski definition) is 2. The van der Waals surface area contributed by atoms with Gasteiger partial charge in [0.25, 0.3) is 0 Å². The summed E-state index contributed by atoms with van der Waals surface area (Å²) >= 11 is 0. The van der Waals surface area contributed by atoms with E-state index < -0.39 is 0 Å². The highest BCUT2D eigenvalue weighted by atomic mass is 16.0. The number of aromatic amines is 2. The lowest BCUT2D eigenvalue weighted by Gasteiger charge is -1.95. The second kappa shape index (κ2) is 5.81. The van der Waals surface area contributed by atoms with Gasteiger partial charge in [0.1, 0.15) is 0 Å². The third-order valence-corrected chi connectivity index (χ3v) is 2.33. The topological polar surface area (TPSA) is 87.8 Å². The summed E-state index contributed by atoms with van der Waals surface area (Å²) < 4.78 is 0. The Labute approximate surface area is 99.6 Å². The molecule has 17 heavy (non-hydrogen) atoms. The molecule has 4 N–H and O–H groups in total. The van der Waals surface area contributed by atoms with Crippen molar-refractivity contribution in [1.82, 2.24) is 9.97 Å². The van der Waals surface area contributed by atoms with Crippen LogP contribution in [0.1, 0.15) is 25.2 Å². The molecule has 0 spiro atoms. The number of nitrogens with zero attached hydrogens (tertiary/aromatic N) is 2. The molecule has 0 unspecified atom stereocenters. The van der Waals surface area contributed by atoms with E-state index in [1.165, 1.54) is 0 Å². The Morgan fingerprint density at radius 1 is 0.882 bits per heavy atom. The standard InChI is InChI=1S/C12H14N4.H2O/c1-9(11-5-3-7-13-11)15-16-10(2)12-6-4-8-14-12;/h3-8,13-14H,1-2H3;1H2/b15-9+,16-10+;. The van der Waals surface area contributed by atoms with Crippen LogP contribution < -0.4 is 0 Å². The molecule has 2 aromatic rings. The van der Waals surface area contributed by atoms with E-state index in [-0.39, 0.29) is 5.48 Å². The summed E-state index contributed by atoms with van der Waals surface area (Å²) in [4.78, 5) is 6.18. The molecule has 0 aliphatic carbocycles. The molecule has 0 radical (unpaired) electrons. The van der Waals surface area contributed by atoms with Gasteiger partial charge >= 0.3 is 0 Å². The van der Waals surface area contributed by atoms with Gasteiger partial charge in [-0.3, -0.25) is 0 Å². The minimum absolute atomic E-state index is 0. The highest BCUT2D eigenvalue weighted by Crippen LogP contribution is 2.00. The van der Waals surface area contributed by atoms with E-state index in [1.54, 1.807) is 0 Å². The normalized spacial score (nSPS) is 12.4. The third kappa shape index (κ3) is 3.15. The molecule has 5 nitrogen and oxygen atoms in total. The fraction of sp³-hybridized carbons (Fsp3) is 0.167. The monoisotopic (exact) mass is 232 g/mol. The first-order chi connectivity index (χ1) is 7.77. The minimum Gasteiger partial charge on any atom is -0.412 e. The molecule has 0 atom stereocenters. The molecule has 2 heterocycles. The van der Waals surface area contributed by atoms with Crippen LogP contribution in [0.5, 0.6) is 0 Å². The van der Waals surface area contributed by atoms with Crippen LogP contribution in [0.25, 0.3) is 0 Å². The van der Waals surface area contributed by atoms with Crippen molar-refractivity contribution in [3.05, 3.63) is 48.0 Å². The van der Waals surface area contributed by atoms with E-state index in [9.17, 15) is 0 Å². The lowest BCUT2D eigenvalue weighted by atomic mass is 10.3. The molecular formula is C12H16N4O. The van der Waals surface area contributed by atoms with Crippen molar-refractivity contribution in [2.75, 3.05) is 0 Å². The summed E-state index contributed by atoms with van der Waals surface area (Å²) in [5, 5.41) is 8.35. The molecule has 5 heteroatoms. The third-order valence-electron chi connectivity index (χ3n) is 2.33. The van der Waals surface area contributed by atoms with E-state index in [2.05, 4.69) is 20.2 Å². The predicted octanol–water partition coefficient (Wildman–Crippen LogP) is 1.75. The first-order valence-electron chi connectivity index (χ1n) is 5.14. The SMILES string of the molecule is C/C(=N\N=C(/C)c1ccc[nH]1)c1ccc[nH]1.O. The Kier molecular flexibility index (Phi) is 4.42. The zero-order valence-electron chi connectivity index (χ0n) is 9.86. The highest BCUT2D eigenvalue weighted by Gasteiger charge is 1.98. The summed E-state index contributed by atoms with van der Waals surface area (Å²) in [5.41, 5.74) is 3.72. The Morgan fingerprint density at radius 2 is 1.29 bits per heavy atom. The van der Waals surface area contributed by atoms with E-state index >= 15 is 0 Å². The quantitative estimate of drug-likeness (QED) is 0.596.